The van der Waals surface area contributed by atoms with Gasteiger partial charge in [-0.2, -0.15) is 12.6 Å². The van der Waals surface area contributed by atoms with Gasteiger partial charge in [0, 0.05) is 12.2 Å². The van der Waals surface area contributed by atoms with Crippen LogP contribution in [0.3, 0.4) is 0 Å². The molecule has 0 aromatic heterocycles. The molecule has 5 atom stereocenters. The van der Waals surface area contributed by atoms with Crippen LogP contribution >= 0.6 is 12.6 Å². The predicted molar refractivity (Wildman–Crippen MR) is 113 cm³/mol. The van der Waals surface area contributed by atoms with Crippen LogP contribution in [0.2, 0.25) is 0 Å². The van der Waals surface area contributed by atoms with Crippen molar-refractivity contribution in [3.8, 4) is 0 Å². The molecule has 0 aromatic carbocycles. The fourth-order valence-electron chi connectivity index (χ4n) is 2.54. The topological polar surface area (TPSA) is 208 Å². The fourth-order valence-corrected chi connectivity index (χ4v) is 2.80. The molecule has 12 nitrogen and oxygen atoms in total. The fraction of sp³-hybridized carbons (Fsp3) is 0.722. The van der Waals surface area contributed by atoms with E-state index in [2.05, 4.69) is 28.6 Å². The Kier molecular flexibility index (Phi) is 12.8. The second-order valence-electron chi connectivity index (χ2n) is 7.54. The van der Waals surface area contributed by atoms with Crippen LogP contribution in [-0.2, 0) is 24.0 Å². The van der Waals surface area contributed by atoms with Gasteiger partial charge in [0.15, 0.2) is 6.04 Å². The van der Waals surface area contributed by atoms with Crippen LogP contribution in [0.25, 0.3) is 0 Å². The molecule has 0 aromatic rings. The lowest BCUT2D eigenvalue weighted by Crippen LogP contribution is -2.58. The van der Waals surface area contributed by atoms with Crippen LogP contribution in [-0.4, -0.2) is 81.0 Å². The summed E-state index contributed by atoms with van der Waals surface area (Å²) in [6.45, 7) is 4.88. The quantitative estimate of drug-likeness (QED) is 0.134. The summed E-state index contributed by atoms with van der Waals surface area (Å²) in [4.78, 5) is 59.2. The molecule has 0 aliphatic heterocycles. The maximum Gasteiger partial charge on any atom is 0.328 e. The first-order chi connectivity index (χ1) is 14.3. The number of aliphatic hydroxyl groups is 1. The summed E-state index contributed by atoms with van der Waals surface area (Å²) in [5, 5.41) is 34.2. The molecule has 0 rings (SSSR count). The highest BCUT2D eigenvalue weighted by Crippen LogP contribution is 2.06. The molecular formula is C18H32N4O8S. The lowest BCUT2D eigenvalue weighted by Gasteiger charge is -2.25. The number of thiol groups is 1. The highest BCUT2D eigenvalue weighted by atomic mass is 32.1. The standard InChI is InChI=1S/C18H32N4O8S/c1-8(2)6-10(19)15(26)20-11(4-5-13(24)25)16(27)21-12(7-31)17(28)22-14(9(3)23)18(29)30/h8-12,14,23,31H,4-7,19H2,1-3H3,(H,20,26)(H,21,27)(H,22,28)(H,24,25)(H,29,30). The van der Waals surface area contributed by atoms with Gasteiger partial charge in [-0.1, -0.05) is 13.8 Å². The van der Waals surface area contributed by atoms with Gasteiger partial charge in [0.25, 0.3) is 0 Å². The Morgan fingerprint density at radius 1 is 0.903 bits per heavy atom. The molecule has 0 saturated carbocycles. The maximum atomic E-state index is 12.6. The van der Waals surface area contributed by atoms with E-state index in [1.54, 1.807) is 0 Å². The van der Waals surface area contributed by atoms with Gasteiger partial charge in [0.2, 0.25) is 17.7 Å². The van der Waals surface area contributed by atoms with Crippen molar-refractivity contribution < 1.29 is 39.3 Å². The van der Waals surface area contributed by atoms with E-state index in [1.165, 1.54) is 6.92 Å². The number of carboxylic acid groups (broad SMARTS) is 2. The Balaban J connectivity index is 5.30. The van der Waals surface area contributed by atoms with Gasteiger partial charge >= 0.3 is 11.9 Å². The third kappa shape index (κ3) is 11.0. The molecule has 31 heavy (non-hydrogen) atoms. The Hall–Kier alpha value is -2.38. The minimum absolute atomic E-state index is 0.111. The third-order valence-electron chi connectivity index (χ3n) is 4.20. The van der Waals surface area contributed by atoms with Crippen molar-refractivity contribution in [3.63, 3.8) is 0 Å². The van der Waals surface area contributed by atoms with Crippen molar-refractivity contribution in [2.24, 2.45) is 11.7 Å². The molecule has 178 valence electrons. The molecule has 0 fully saturated rings. The first kappa shape index (κ1) is 28.6. The number of carboxylic acids is 2. The minimum Gasteiger partial charge on any atom is -0.481 e. The van der Waals surface area contributed by atoms with Crippen LogP contribution in [0.4, 0.5) is 0 Å². The molecule has 0 aliphatic carbocycles. The number of nitrogens with one attached hydrogen (secondary N) is 3. The molecule has 3 amide bonds. The van der Waals surface area contributed by atoms with Gasteiger partial charge < -0.3 is 37.0 Å². The zero-order valence-electron chi connectivity index (χ0n) is 17.7. The number of nitrogens with two attached hydrogens (primary N) is 1. The lowest BCUT2D eigenvalue weighted by atomic mass is 10.0. The zero-order valence-corrected chi connectivity index (χ0v) is 18.6. The summed E-state index contributed by atoms with van der Waals surface area (Å²) in [7, 11) is 0. The maximum absolute atomic E-state index is 12.6. The van der Waals surface area contributed by atoms with Crippen LogP contribution in [0.5, 0.6) is 0 Å². The van der Waals surface area contributed by atoms with Crippen molar-refractivity contribution in [2.75, 3.05) is 5.75 Å². The molecule has 0 radical (unpaired) electrons. The largest absolute Gasteiger partial charge is 0.481 e. The molecule has 8 N–H and O–H groups in total. The Morgan fingerprint density at radius 2 is 1.42 bits per heavy atom. The van der Waals surface area contributed by atoms with Crippen LogP contribution in [0, 0.1) is 5.92 Å². The van der Waals surface area contributed by atoms with Crippen molar-refractivity contribution in [1.29, 1.82) is 0 Å². The SMILES string of the molecule is CC(C)CC(N)C(=O)NC(CCC(=O)O)C(=O)NC(CS)C(=O)NC(C(=O)O)C(C)O. The third-order valence-corrected chi connectivity index (χ3v) is 4.57. The number of amides is 3. The van der Waals surface area contributed by atoms with Gasteiger partial charge in [-0.15, -0.1) is 0 Å². The Bertz CT molecular complexity index is 658. The van der Waals surface area contributed by atoms with Gasteiger partial charge in [0.05, 0.1) is 12.1 Å². The van der Waals surface area contributed by atoms with Crippen LogP contribution in [0.15, 0.2) is 0 Å². The monoisotopic (exact) mass is 464 g/mol. The van der Waals surface area contributed by atoms with E-state index in [1.807, 2.05) is 13.8 Å². The first-order valence-corrected chi connectivity index (χ1v) is 10.3. The van der Waals surface area contributed by atoms with Crippen molar-refractivity contribution in [3.05, 3.63) is 0 Å². The second kappa shape index (κ2) is 13.8. The number of rotatable bonds is 14. The van der Waals surface area contributed by atoms with Crippen molar-refractivity contribution >= 4 is 42.3 Å². The highest BCUT2D eigenvalue weighted by molar-refractivity contribution is 7.80. The van der Waals surface area contributed by atoms with E-state index in [0.29, 0.717) is 6.42 Å². The minimum atomic E-state index is -1.61. The molecule has 13 heteroatoms. The van der Waals surface area contributed by atoms with Crippen molar-refractivity contribution in [1.82, 2.24) is 16.0 Å². The average Bonchev–Trinajstić information content (AvgIpc) is 2.65. The summed E-state index contributed by atoms with van der Waals surface area (Å²) >= 11 is 3.96. The summed E-state index contributed by atoms with van der Waals surface area (Å²) in [5.41, 5.74) is 5.79. The summed E-state index contributed by atoms with van der Waals surface area (Å²) in [5.74, 6) is -5.20. The molecule has 0 spiro atoms. The van der Waals surface area contributed by atoms with E-state index < -0.39 is 66.4 Å². The number of hydrogen-bond donors (Lipinski definition) is 8. The lowest BCUT2D eigenvalue weighted by molar-refractivity contribution is -0.145. The number of hydrogen-bond acceptors (Lipinski definition) is 8. The zero-order chi connectivity index (χ0) is 24.3. The van der Waals surface area contributed by atoms with E-state index in [-0.39, 0.29) is 18.1 Å². The number of aliphatic carboxylic acids is 2. The summed E-state index contributed by atoms with van der Waals surface area (Å²) in [6.07, 6.45) is -1.74. The average molecular weight is 465 g/mol. The molecule has 0 bridgehead atoms. The van der Waals surface area contributed by atoms with Crippen LogP contribution in [0.1, 0.15) is 40.0 Å². The molecule has 0 aliphatic rings. The summed E-state index contributed by atoms with van der Waals surface area (Å²) < 4.78 is 0. The Labute approximate surface area is 185 Å². The number of carbonyl (C=O) groups is 5. The second-order valence-corrected chi connectivity index (χ2v) is 7.90. The van der Waals surface area contributed by atoms with Crippen molar-refractivity contribution in [2.45, 2.75) is 70.3 Å². The Morgan fingerprint density at radius 3 is 1.84 bits per heavy atom. The summed E-state index contributed by atoms with van der Waals surface area (Å²) in [6, 6.07) is -5.11. The molecule has 0 heterocycles. The smallest absolute Gasteiger partial charge is 0.328 e. The first-order valence-electron chi connectivity index (χ1n) is 9.70. The molecule has 5 unspecified atom stereocenters. The van der Waals surface area contributed by atoms with Gasteiger partial charge in [-0.05, 0) is 25.7 Å². The van der Waals surface area contributed by atoms with E-state index in [4.69, 9.17) is 15.9 Å². The molecular weight excluding hydrogens is 432 g/mol. The van der Waals surface area contributed by atoms with Gasteiger partial charge in [-0.3, -0.25) is 19.2 Å². The highest BCUT2D eigenvalue weighted by Gasteiger charge is 2.31. The number of carbonyl (C=O) groups excluding carboxylic acids is 3. The van der Waals surface area contributed by atoms with E-state index in [9.17, 15) is 29.1 Å². The van der Waals surface area contributed by atoms with Gasteiger partial charge in [0.1, 0.15) is 12.1 Å². The van der Waals surface area contributed by atoms with Gasteiger partial charge in [-0.25, -0.2) is 4.79 Å². The number of aliphatic hydroxyl groups excluding tert-OH is 1. The van der Waals surface area contributed by atoms with E-state index in [0.717, 1.165) is 0 Å². The van der Waals surface area contributed by atoms with Crippen LogP contribution < -0.4 is 21.7 Å². The molecule has 0 saturated heterocycles. The van der Waals surface area contributed by atoms with E-state index >= 15 is 0 Å². The normalized spacial score (nSPS) is 15.8. The predicted octanol–water partition coefficient (Wildman–Crippen LogP) is -1.93.